The summed E-state index contributed by atoms with van der Waals surface area (Å²) in [5.74, 6) is 0.0113. The van der Waals surface area contributed by atoms with Crippen molar-refractivity contribution in [3.8, 4) is 6.07 Å². The molecule has 0 saturated heterocycles. The van der Waals surface area contributed by atoms with Gasteiger partial charge in [-0.1, -0.05) is 49.8 Å². The van der Waals surface area contributed by atoms with Crippen LogP contribution < -0.4 is 0 Å². The van der Waals surface area contributed by atoms with Gasteiger partial charge in [0, 0.05) is 12.2 Å². The van der Waals surface area contributed by atoms with Crippen molar-refractivity contribution in [1.82, 2.24) is 4.57 Å². The normalized spacial score (nSPS) is 16.8. The highest BCUT2D eigenvalue weighted by Crippen LogP contribution is 2.30. The minimum absolute atomic E-state index is 0.0113. The fraction of sp³-hybridized carbons (Fsp3) is 0.368. The topological polar surface area (TPSA) is 28.7 Å². The van der Waals surface area contributed by atoms with E-state index in [9.17, 15) is 5.26 Å². The Hall–Kier alpha value is -1.92. The van der Waals surface area contributed by atoms with E-state index in [2.05, 4.69) is 54.0 Å². The van der Waals surface area contributed by atoms with Crippen molar-refractivity contribution in [2.24, 2.45) is 0 Å². The molecule has 112 valence electrons. The molecule has 2 heterocycles. The molecule has 1 atom stereocenters. The summed E-state index contributed by atoms with van der Waals surface area (Å²) in [6, 6.07) is 15.1. The fourth-order valence-electron chi connectivity index (χ4n) is 3.23. The molecule has 2 nitrogen and oxygen atoms in total. The summed E-state index contributed by atoms with van der Waals surface area (Å²) in [5, 5.41) is 9.29. The summed E-state index contributed by atoms with van der Waals surface area (Å²) in [4.78, 5) is 0.882. The summed E-state index contributed by atoms with van der Waals surface area (Å²) >= 11 is 5.71. The van der Waals surface area contributed by atoms with Crippen molar-refractivity contribution in [1.29, 1.82) is 5.26 Å². The van der Waals surface area contributed by atoms with Gasteiger partial charge in [0.05, 0.1) is 22.5 Å². The third-order valence-corrected chi connectivity index (χ3v) is 4.83. The summed E-state index contributed by atoms with van der Waals surface area (Å²) in [6.45, 7) is 3.15. The van der Waals surface area contributed by atoms with Gasteiger partial charge in [0.25, 0.3) is 0 Å². The molecule has 0 fully saturated rings. The molecule has 0 N–H and O–H groups in total. The maximum Gasteiger partial charge on any atom is 0.0865 e. The summed E-state index contributed by atoms with van der Waals surface area (Å²) in [5.41, 5.74) is 4.65. The van der Waals surface area contributed by atoms with Crippen LogP contribution in [0.4, 0.5) is 0 Å². The Morgan fingerprint density at radius 1 is 1.27 bits per heavy atom. The molecule has 0 aliphatic carbocycles. The second-order valence-corrected chi connectivity index (χ2v) is 6.30. The first-order valence-electron chi connectivity index (χ1n) is 7.97. The summed E-state index contributed by atoms with van der Waals surface area (Å²) in [7, 11) is 0. The van der Waals surface area contributed by atoms with Gasteiger partial charge in [0.2, 0.25) is 0 Å². The number of hydrogen-bond donors (Lipinski definition) is 0. The van der Waals surface area contributed by atoms with E-state index in [-0.39, 0.29) is 5.92 Å². The molecule has 0 spiro atoms. The molecule has 1 aliphatic rings. The minimum atomic E-state index is 0.0113. The van der Waals surface area contributed by atoms with E-state index in [0.29, 0.717) is 0 Å². The molecule has 2 aromatic rings. The van der Waals surface area contributed by atoms with Gasteiger partial charge < -0.3 is 4.57 Å². The fourth-order valence-corrected chi connectivity index (χ4v) is 3.54. The zero-order valence-corrected chi connectivity index (χ0v) is 13.7. The number of rotatable bonds is 4. The number of nitriles is 1. The average molecular weight is 308 g/mol. The molecule has 0 amide bonds. The van der Waals surface area contributed by atoms with Crippen LogP contribution in [0.5, 0.6) is 0 Å². The zero-order valence-electron chi connectivity index (χ0n) is 12.9. The average Bonchev–Trinajstić information content (AvgIpc) is 2.99. The van der Waals surface area contributed by atoms with Crippen LogP contribution in [0.25, 0.3) is 0 Å². The quantitative estimate of drug-likeness (QED) is 0.609. The Bertz CT molecular complexity index is 719. The molecule has 0 saturated carbocycles. The van der Waals surface area contributed by atoms with Crippen LogP contribution in [0, 0.1) is 11.3 Å². The van der Waals surface area contributed by atoms with Crippen molar-refractivity contribution in [3.63, 3.8) is 0 Å². The van der Waals surface area contributed by atoms with Crippen molar-refractivity contribution in [3.05, 3.63) is 58.9 Å². The second-order valence-electron chi connectivity index (χ2n) is 5.90. The molecular formula is C19H20N2S. The molecule has 1 aromatic heterocycles. The first-order valence-corrected chi connectivity index (χ1v) is 8.38. The van der Waals surface area contributed by atoms with E-state index >= 15 is 0 Å². The SMILES string of the molecule is CCCc1ccc(C(=S)c2ccc3n2CCCC3C#N)cc1. The Kier molecular flexibility index (Phi) is 4.40. The maximum absolute atomic E-state index is 9.29. The monoisotopic (exact) mass is 308 g/mol. The molecule has 1 unspecified atom stereocenters. The molecular weight excluding hydrogens is 288 g/mol. The molecule has 3 rings (SSSR count). The Morgan fingerprint density at radius 3 is 2.73 bits per heavy atom. The third kappa shape index (κ3) is 2.71. The number of thiocarbonyl (C=S) groups is 1. The molecule has 0 radical (unpaired) electrons. The Labute approximate surface area is 137 Å². The molecule has 0 bridgehead atoms. The predicted molar refractivity (Wildman–Crippen MR) is 93.3 cm³/mol. The van der Waals surface area contributed by atoms with Gasteiger partial charge in [-0.05, 0) is 42.5 Å². The lowest BCUT2D eigenvalue weighted by Gasteiger charge is -2.22. The minimum Gasteiger partial charge on any atom is -0.343 e. The van der Waals surface area contributed by atoms with Gasteiger partial charge >= 0.3 is 0 Å². The lowest BCUT2D eigenvalue weighted by atomic mass is 9.98. The van der Waals surface area contributed by atoms with Crippen molar-refractivity contribution in [2.45, 2.75) is 45.1 Å². The number of aromatic nitrogens is 1. The summed E-state index contributed by atoms with van der Waals surface area (Å²) in [6.07, 6.45) is 4.27. The van der Waals surface area contributed by atoms with Crippen LogP contribution in [0.15, 0.2) is 36.4 Å². The van der Waals surface area contributed by atoms with E-state index < -0.39 is 0 Å². The van der Waals surface area contributed by atoms with E-state index in [0.717, 1.165) is 54.0 Å². The number of benzene rings is 1. The van der Waals surface area contributed by atoms with E-state index in [1.165, 1.54) is 5.56 Å². The van der Waals surface area contributed by atoms with Gasteiger partial charge in [0.1, 0.15) is 0 Å². The van der Waals surface area contributed by atoms with Gasteiger partial charge in [-0.25, -0.2) is 0 Å². The van der Waals surface area contributed by atoms with Crippen molar-refractivity contribution >= 4 is 17.1 Å². The van der Waals surface area contributed by atoms with Crippen LogP contribution in [-0.2, 0) is 13.0 Å². The second kappa shape index (κ2) is 6.46. The maximum atomic E-state index is 9.29. The number of fused-ring (bicyclic) bond motifs is 1. The summed E-state index contributed by atoms with van der Waals surface area (Å²) < 4.78 is 2.24. The van der Waals surface area contributed by atoms with Gasteiger partial charge in [-0.15, -0.1) is 0 Å². The first kappa shape index (κ1) is 15.0. The van der Waals surface area contributed by atoms with Crippen LogP contribution in [0.1, 0.15) is 54.6 Å². The lowest BCUT2D eigenvalue weighted by Crippen LogP contribution is -2.18. The molecule has 22 heavy (non-hydrogen) atoms. The molecule has 1 aliphatic heterocycles. The largest absolute Gasteiger partial charge is 0.343 e. The number of aryl methyl sites for hydroxylation is 1. The Morgan fingerprint density at radius 2 is 2.05 bits per heavy atom. The molecule has 1 aromatic carbocycles. The first-order chi connectivity index (χ1) is 10.7. The number of hydrogen-bond acceptors (Lipinski definition) is 2. The van der Waals surface area contributed by atoms with Crippen LogP contribution >= 0.6 is 12.2 Å². The van der Waals surface area contributed by atoms with Gasteiger partial charge in [-0.2, -0.15) is 5.26 Å². The zero-order chi connectivity index (χ0) is 15.5. The van der Waals surface area contributed by atoms with E-state index in [4.69, 9.17) is 12.2 Å². The Balaban J connectivity index is 1.90. The van der Waals surface area contributed by atoms with E-state index in [1.807, 2.05) is 0 Å². The van der Waals surface area contributed by atoms with Crippen LogP contribution in [-0.4, -0.2) is 9.43 Å². The highest BCUT2D eigenvalue weighted by atomic mass is 32.1. The highest BCUT2D eigenvalue weighted by molar-refractivity contribution is 7.81. The van der Waals surface area contributed by atoms with Crippen molar-refractivity contribution in [2.75, 3.05) is 0 Å². The smallest absolute Gasteiger partial charge is 0.0865 e. The van der Waals surface area contributed by atoms with Gasteiger partial charge in [0.15, 0.2) is 0 Å². The van der Waals surface area contributed by atoms with Gasteiger partial charge in [-0.3, -0.25) is 0 Å². The van der Waals surface area contributed by atoms with Crippen LogP contribution in [0.3, 0.4) is 0 Å². The highest BCUT2D eigenvalue weighted by Gasteiger charge is 2.23. The lowest BCUT2D eigenvalue weighted by molar-refractivity contribution is 0.502. The number of nitrogens with zero attached hydrogens (tertiary/aromatic N) is 2. The van der Waals surface area contributed by atoms with Crippen molar-refractivity contribution < 1.29 is 0 Å². The standard InChI is InChI=1S/C19H20N2S/c1-2-4-14-6-8-15(9-7-14)19(22)18-11-10-17-16(13-20)5-3-12-21(17)18/h6-11,16H,2-5,12H2,1H3. The third-order valence-electron chi connectivity index (χ3n) is 4.39. The molecule has 3 heteroatoms. The van der Waals surface area contributed by atoms with Crippen LogP contribution in [0.2, 0.25) is 0 Å². The predicted octanol–water partition coefficient (Wildman–Crippen LogP) is 4.61. The van der Waals surface area contributed by atoms with E-state index in [1.54, 1.807) is 0 Å².